The normalized spacial score (nSPS) is 16.4. The number of hydrazone groups is 1. The van der Waals surface area contributed by atoms with Gasteiger partial charge >= 0.3 is 0 Å². The summed E-state index contributed by atoms with van der Waals surface area (Å²) in [5.74, 6) is 0.429. The Kier molecular flexibility index (Phi) is 6.21. The van der Waals surface area contributed by atoms with E-state index in [2.05, 4.69) is 15.8 Å². The average Bonchev–Trinajstić information content (AvgIpc) is 2.52. The van der Waals surface area contributed by atoms with Crippen LogP contribution in [0.1, 0.15) is 39.2 Å². The molecule has 1 aromatic rings. The van der Waals surface area contributed by atoms with Crippen LogP contribution in [0.25, 0.3) is 0 Å². The van der Waals surface area contributed by atoms with Crippen molar-refractivity contribution < 1.29 is 14.6 Å². The Morgan fingerprint density at radius 2 is 2.17 bits per heavy atom. The summed E-state index contributed by atoms with van der Waals surface area (Å²) in [6, 6.07) is 5.35. The van der Waals surface area contributed by atoms with Crippen molar-refractivity contribution in [2.45, 2.75) is 45.3 Å². The van der Waals surface area contributed by atoms with Gasteiger partial charge in [0.2, 0.25) is 5.91 Å². The maximum atomic E-state index is 11.1. The molecule has 0 saturated heterocycles. The molecule has 1 aliphatic heterocycles. The number of rotatable bonds is 6. The summed E-state index contributed by atoms with van der Waals surface area (Å²) in [7, 11) is 0. The zero-order valence-corrected chi connectivity index (χ0v) is 15.0. The van der Waals surface area contributed by atoms with Gasteiger partial charge in [-0.25, -0.2) is 5.43 Å². The average molecular weight is 354 g/mol. The molecule has 1 heterocycles. The van der Waals surface area contributed by atoms with E-state index in [0.717, 1.165) is 11.3 Å². The minimum absolute atomic E-state index is 0.0591. The number of nitrogens with one attached hydrogen (secondary N) is 2. The Labute approximate surface area is 147 Å². The lowest BCUT2D eigenvalue weighted by molar-refractivity contribution is -0.121. The van der Waals surface area contributed by atoms with Crippen molar-refractivity contribution in [2.24, 2.45) is 5.10 Å². The van der Waals surface area contributed by atoms with E-state index in [1.165, 1.54) is 0 Å². The van der Waals surface area contributed by atoms with Crippen LogP contribution in [0.3, 0.4) is 0 Å². The number of nitrogens with zero attached hydrogens (tertiary/aromatic N) is 1. The van der Waals surface area contributed by atoms with Crippen molar-refractivity contribution in [3.8, 4) is 5.75 Å². The lowest BCUT2D eigenvalue weighted by atomic mass is 10.0. The van der Waals surface area contributed by atoms with Gasteiger partial charge in [0.05, 0.1) is 10.7 Å². The first kappa shape index (κ1) is 18.7. The van der Waals surface area contributed by atoms with E-state index >= 15 is 0 Å². The lowest BCUT2D eigenvalue weighted by Gasteiger charge is -2.23. The van der Waals surface area contributed by atoms with Crippen LogP contribution in [0.2, 0.25) is 5.02 Å². The second-order valence-corrected chi connectivity index (χ2v) is 7.24. The minimum atomic E-state index is -0.627. The number of aliphatic hydroxyl groups is 1. The molecule has 7 heteroatoms. The van der Waals surface area contributed by atoms with Crippen LogP contribution in [-0.4, -0.2) is 41.5 Å². The largest absolute Gasteiger partial charge is 0.489 e. The number of carbonyl (C=O) groups is 1. The molecule has 1 atom stereocenters. The molecule has 0 fully saturated rings. The van der Waals surface area contributed by atoms with E-state index in [1.54, 1.807) is 12.1 Å². The molecule has 0 aliphatic carbocycles. The SMILES string of the molecule is CC(C)(C)NCC(O)COc1ccc(C2=NNC(=O)CC2)cc1Cl. The van der Waals surface area contributed by atoms with Gasteiger partial charge in [0, 0.05) is 24.9 Å². The summed E-state index contributed by atoms with van der Waals surface area (Å²) in [6.45, 7) is 6.70. The third-order valence-corrected chi connectivity index (χ3v) is 3.76. The maximum Gasteiger partial charge on any atom is 0.240 e. The predicted octanol–water partition coefficient (Wildman–Crippen LogP) is 2.08. The smallest absolute Gasteiger partial charge is 0.240 e. The van der Waals surface area contributed by atoms with Crippen LogP contribution >= 0.6 is 11.6 Å². The monoisotopic (exact) mass is 353 g/mol. The third kappa shape index (κ3) is 5.78. The number of amides is 1. The highest BCUT2D eigenvalue weighted by molar-refractivity contribution is 6.32. The molecule has 6 nitrogen and oxygen atoms in total. The van der Waals surface area contributed by atoms with Crippen molar-refractivity contribution in [3.63, 3.8) is 0 Å². The molecule has 24 heavy (non-hydrogen) atoms. The van der Waals surface area contributed by atoms with E-state index in [1.807, 2.05) is 26.8 Å². The fraction of sp³-hybridized carbons (Fsp3) is 0.529. The number of aliphatic hydroxyl groups excluding tert-OH is 1. The second-order valence-electron chi connectivity index (χ2n) is 6.83. The number of β-amino-alcohol motifs (C(OH)–C–C–N with tert-alkyl or cyclic N) is 1. The topological polar surface area (TPSA) is 82.9 Å². The van der Waals surface area contributed by atoms with Crippen molar-refractivity contribution in [1.82, 2.24) is 10.7 Å². The minimum Gasteiger partial charge on any atom is -0.489 e. The van der Waals surface area contributed by atoms with Gasteiger partial charge in [0.15, 0.2) is 0 Å². The quantitative estimate of drug-likeness (QED) is 0.731. The molecule has 0 bridgehead atoms. The molecule has 0 saturated carbocycles. The summed E-state index contributed by atoms with van der Waals surface area (Å²) in [5.41, 5.74) is 4.05. The van der Waals surface area contributed by atoms with Gasteiger partial charge < -0.3 is 15.2 Å². The first-order valence-electron chi connectivity index (χ1n) is 7.96. The standard InChI is InChI=1S/C17H24ClN3O3/c1-17(2,3)19-9-12(22)10-24-15-6-4-11(8-13(15)18)14-5-7-16(23)21-20-14/h4,6,8,12,19,22H,5,7,9-10H2,1-3H3,(H,21,23). The van der Waals surface area contributed by atoms with Crippen molar-refractivity contribution in [1.29, 1.82) is 0 Å². The molecular weight excluding hydrogens is 330 g/mol. The van der Waals surface area contributed by atoms with E-state index < -0.39 is 6.10 Å². The maximum absolute atomic E-state index is 11.1. The zero-order valence-electron chi connectivity index (χ0n) is 14.2. The van der Waals surface area contributed by atoms with E-state index in [-0.39, 0.29) is 18.1 Å². The predicted molar refractivity (Wildman–Crippen MR) is 94.6 cm³/mol. The first-order valence-corrected chi connectivity index (χ1v) is 8.33. The zero-order chi connectivity index (χ0) is 17.7. The van der Waals surface area contributed by atoms with Crippen LogP contribution in [-0.2, 0) is 4.79 Å². The van der Waals surface area contributed by atoms with Gasteiger partial charge in [-0.1, -0.05) is 11.6 Å². The highest BCUT2D eigenvalue weighted by Gasteiger charge is 2.16. The highest BCUT2D eigenvalue weighted by Crippen LogP contribution is 2.26. The summed E-state index contributed by atoms with van der Waals surface area (Å²) in [4.78, 5) is 11.1. The summed E-state index contributed by atoms with van der Waals surface area (Å²) in [6.07, 6.45) is 0.374. The van der Waals surface area contributed by atoms with Gasteiger partial charge in [-0.05, 0) is 44.5 Å². The van der Waals surface area contributed by atoms with Gasteiger partial charge in [-0.3, -0.25) is 4.79 Å². The molecule has 0 radical (unpaired) electrons. The first-order chi connectivity index (χ1) is 11.2. The fourth-order valence-electron chi connectivity index (χ4n) is 2.15. The Bertz CT molecular complexity index is 626. The Balaban J connectivity index is 1.92. The number of halogens is 1. The molecule has 3 N–H and O–H groups in total. The van der Waals surface area contributed by atoms with E-state index in [0.29, 0.717) is 30.2 Å². The van der Waals surface area contributed by atoms with Crippen LogP contribution in [0.4, 0.5) is 0 Å². The Hall–Kier alpha value is -1.63. The van der Waals surface area contributed by atoms with Crippen LogP contribution in [0, 0.1) is 0 Å². The number of benzene rings is 1. The summed E-state index contributed by atoms with van der Waals surface area (Å²) < 4.78 is 5.59. The van der Waals surface area contributed by atoms with Gasteiger partial charge in [-0.15, -0.1) is 0 Å². The second kappa shape index (κ2) is 7.96. The molecular formula is C17H24ClN3O3. The van der Waals surface area contributed by atoms with Gasteiger partial charge in [-0.2, -0.15) is 5.10 Å². The Morgan fingerprint density at radius 1 is 1.42 bits per heavy atom. The molecule has 2 rings (SSSR count). The van der Waals surface area contributed by atoms with Crippen LogP contribution in [0.15, 0.2) is 23.3 Å². The number of hydrogen-bond donors (Lipinski definition) is 3. The van der Waals surface area contributed by atoms with E-state index in [9.17, 15) is 9.90 Å². The number of carbonyl (C=O) groups excluding carboxylic acids is 1. The molecule has 1 unspecified atom stereocenters. The lowest BCUT2D eigenvalue weighted by Crippen LogP contribution is -2.42. The number of hydrogen-bond acceptors (Lipinski definition) is 5. The fourth-order valence-corrected chi connectivity index (χ4v) is 2.38. The molecule has 1 aliphatic rings. The summed E-state index contributed by atoms with van der Waals surface area (Å²) in [5, 5.41) is 17.7. The molecule has 1 aromatic carbocycles. The Morgan fingerprint density at radius 3 is 2.75 bits per heavy atom. The van der Waals surface area contributed by atoms with Crippen molar-refractivity contribution >= 4 is 23.2 Å². The molecule has 0 aromatic heterocycles. The molecule has 1 amide bonds. The van der Waals surface area contributed by atoms with Gasteiger partial charge in [0.1, 0.15) is 18.5 Å². The third-order valence-electron chi connectivity index (χ3n) is 3.47. The summed E-state index contributed by atoms with van der Waals surface area (Å²) >= 11 is 6.25. The highest BCUT2D eigenvalue weighted by atomic mass is 35.5. The van der Waals surface area contributed by atoms with Crippen LogP contribution in [0.5, 0.6) is 5.75 Å². The molecule has 0 spiro atoms. The van der Waals surface area contributed by atoms with Crippen molar-refractivity contribution in [2.75, 3.05) is 13.2 Å². The van der Waals surface area contributed by atoms with Crippen LogP contribution < -0.4 is 15.5 Å². The van der Waals surface area contributed by atoms with Gasteiger partial charge in [0.25, 0.3) is 0 Å². The van der Waals surface area contributed by atoms with Crippen molar-refractivity contribution in [3.05, 3.63) is 28.8 Å². The van der Waals surface area contributed by atoms with E-state index in [4.69, 9.17) is 16.3 Å². The number of ether oxygens (including phenoxy) is 1. The molecule has 132 valence electrons.